The fourth-order valence-electron chi connectivity index (χ4n) is 2.30. The van der Waals surface area contributed by atoms with Crippen molar-refractivity contribution in [3.63, 3.8) is 0 Å². The number of aromatic amines is 1. The molecule has 1 atom stereocenters. The molecule has 1 amide bonds. The topological polar surface area (TPSA) is 111 Å². The van der Waals surface area contributed by atoms with Crippen molar-refractivity contribution in [3.05, 3.63) is 28.6 Å². The van der Waals surface area contributed by atoms with Crippen molar-refractivity contribution in [1.29, 1.82) is 0 Å². The molecule has 2 heterocycles. The van der Waals surface area contributed by atoms with Crippen LogP contribution in [-0.2, 0) is 4.79 Å². The van der Waals surface area contributed by atoms with E-state index in [0.29, 0.717) is 19.5 Å². The van der Waals surface area contributed by atoms with Gasteiger partial charge in [0.1, 0.15) is 11.0 Å². The van der Waals surface area contributed by atoms with Gasteiger partial charge in [-0.25, -0.2) is 0 Å². The Balaban J connectivity index is 1.85. The molecule has 1 aliphatic heterocycles. The summed E-state index contributed by atoms with van der Waals surface area (Å²) < 4.78 is 0. The van der Waals surface area contributed by atoms with Crippen molar-refractivity contribution in [2.24, 2.45) is 11.0 Å². The van der Waals surface area contributed by atoms with Crippen LogP contribution in [0.15, 0.2) is 23.3 Å². The van der Waals surface area contributed by atoms with Gasteiger partial charge in [-0.05, 0) is 29.6 Å². The minimum Gasteiger partial charge on any atom is -0.312 e. The molecule has 1 unspecified atom stereocenters. The van der Waals surface area contributed by atoms with Crippen LogP contribution >= 0.6 is 0 Å². The number of aromatic nitrogens is 3. The molecule has 1 saturated heterocycles. The van der Waals surface area contributed by atoms with Crippen molar-refractivity contribution in [2.75, 3.05) is 18.0 Å². The van der Waals surface area contributed by atoms with Gasteiger partial charge in [-0.2, -0.15) is 15.4 Å². The van der Waals surface area contributed by atoms with Crippen molar-refractivity contribution in [3.8, 4) is 0 Å². The Hall–Kier alpha value is -2.60. The van der Waals surface area contributed by atoms with E-state index in [1.807, 2.05) is 18.2 Å². The van der Waals surface area contributed by atoms with Crippen LogP contribution < -0.4 is 4.90 Å². The lowest BCUT2D eigenvalue weighted by Crippen LogP contribution is -2.24. The Morgan fingerprint density at radius 2 is 2.32 bits per heavy atom. The van der Waals surface area contributed by atoms with Crippen molar-refractivity contribution in [2.45, 2.75) is 6.42 Å². The third-order valence-electron chi connectivity index (χ3n) is 3.22. The second kappa shape index (κ2) is 4.58. The monoisotopic (exact) mass is 257 g/mol. The van der Waals surface area contributed by atoms with Crippen LogP contribution in [0.1, 0.15) is 6.42 Å². The van der Waals surface area contributed by atoms with E-state index in [1.54, 1.807) is 4.90 Å². The highest BCUT2D eigenvalue weighted by atomic mass is 16.2. The van der Waals surface area contributed by atoms with Crippen LogP contribution in [0.2, 0.25) is 0 Å². The van der Waals surface area contributed by atoms with Gasteiger partial charge in [-0.3, -0.25) is 4.79 Å². The summed E-state index contributed by atoms with van der Waals surface area (Å²) in [6.45, 7) is 0.923. The second-order valence-electron chi connectivity index (χ2n) is 4.48. The van der Waals surface area contributed by atoms with Crippen LogP contribution in [0.3, 0.4) is 0 Å². The zero-order chi connectivity index (χ0) is 13.2. The number of hydrogen-bond donors (Lipinski definition) is 1. The van der Waals surface area contributed by atoms with Crippen LogP contribution in [-0.4, -0.2) is 34.4 Å². The molecule has 19 heavy (non-hydrogen) atoms. The fourth-order valence-corrected chi connectivity index (χ4v) is 2.30. The van der Waals surface area contributed by atoms with E-state index in [9.17, 15) is 4.79 Å². The number of carbonyl (C=O) groups excluding carboxylic acids is 1. The summed E-state index contributed by atoms with van der Waals surface area (Å²) in [5, 5.41) is 14.0. The molecule has 0 aliphatic carbocycles. The van der Waals surface area contributed by atoms with Crippen LogP contribution in [0, 0.1) is 5.92 Å². The van der Waals surface area contributed by atoms with Gasteiger partial charge in [-0.15, -0.1) is 0 Å². The van der Waals surface area contributed by atoms with Crippen molar-refractivity contribution in [1.82, 2.24) is 15.4 Å². The van der Waals surface area contributed by atoms with Gasteiger partial charge in [-0.1, -0.05) is 5.11 Å². The summed E-state index contributed by atoms with van der Waals surface area (Å²) in [5.74, 6) is 0.123. The summed E-state index contributed by atoms with van der Waals surface area (Å²) in [4.78, 5) is 16.4. The van der Waals surface area contributed by atoms with E-state index < -0.39 is 0 Å². The van der Waals surface area contributed by atoms with Crippen molar-refractivity contribution >= 4 is 22.6 Å². The Labute approximate surface area is 108 Å². The maximum Gasteiger partial charge on any atom is 0.227 e. The number of rotatable bonds is 3. The molecule has 1 aromatic carbocycles. The molecule has 0 bridgehead atoms. The largest absolute Gasteiger partial charge is 0.312 e. The molecule has 8 nitrogen and oxygen atoms in total. The lowest BCUT2D eigenvalue weighted by atomic mass is 10.1. The normalized spacial score (nSPS) is 18.8. The molecule has 1 aliphatic rings. The second-order valence-corrected chi connectivity index (χ2v) is 4.48. The number of carbonyl (C=O) groups is 1. The zero-order valence-corrected chi connectivity index (χ0v) is 10.0. The summed E-state index contributed by atoms with van der Waals surface area (Å²) in [5.41, 5.74) is 10.6. The first-order valence-electron chi connectivity index (χ1n) is 5.89. The number of nitrogens with zero attached hydrogens (tertiary/aromatic N) is 6. The maximum atomic E-state index is 12.0. The number of amides is 1. The Morgan fingerprint density at radius 1 is 1.47 bits per heavy atom. The predicted octanol–water partition coefficient (Wildman–Crippen LogP) is 1.62. The molecule has 0 spiro atoms. The summed E-state index contributed by atoms with van der Waals surface area (Å²) >= 11 is 0. The van der Waals surface area contributed by atoms with E-state index in [-0.39, 0.29) is 11.8 Å². The SMILES string of the molecule is [N-]=[N+]=NCC1CC(=O)N(c2ccc3n[nH]nc3c2)C1. The van der Waals surface area contributed by atoms with E-state index >= 15 is 0 Å². The lowest BCUT2D eigenvalue weighted by molar-refractivity contribution is -0.117. The molecule has 2 aromatic rings. The minimum absolute atomic E-state index is 0.0426. The number of azide groups is 1. The molecular formula is C11H11N7O. The molecule has 1 aromatic heterocycles. The first-order valence-corrected chi connectivity index (χ1v) is 5.89. The highest BCUT2D eigenvalue weighted by molar-refractivity contribution is 5.97. The van der Waals surface area contributed by atoms with Gasteiger partial charge in [0.05, 0.1) is 0 Å². The molecule has 3 rings (SSSR count). The quantitative estimate of drug-likeness (QED) is 0.512. The molecule has 0 saturated carbocycles. The molecule has 1 N–H and O–H groups in total. The van der Waals surface area contributed by atoms with Crippen LogP contribution in [0.5, 0.6) is 0 Å². The first-order chi connectivity index (χ1) is 9.28. The first kappa shape index (κ1) is 11.5. The van der Waals surface area contributed by atoms with E-state index in [4.69, 9.17) is 5.53 Å². The maximum absolute atomic E-state index is 12.0. The van der Waals surface area contributed by atoms with Gasteiger partial charge in [0.15, 0.2) is 0 Å². The van der Waals surface area contributed by atoms with E-state index in [2.05, 4.69) is 25.4 Å². The van der Waals surface area contributed by atoms with Crippen LogP contribution in [0.4, 0.5) is 5.69 Å². The number of anilines is 1. The average molecular weight is 257 g/mol. The van der Waals surface area contributed by atoms with Gasteiger partial charge < -0.3 is 4.90 Å². The Morgan fingerprint density at radius 3 is 3.16 bits per heavy atom. The molecule has 96 valence electrons. The zero-order valence-electron chi connectivity index (χ0n) is 10.0. The summed E-state index contributed by atoms with van der Waals surface area (Å²) in [7, 11) is 0. The number of benzene rings is 1. The number of fused-ring (bicyclic) bond motifs is 1. The average Bonchev–Trinajstić information content (AvgIpc) is 3.01. The Bertz CT molecular complexity index is 672. The van der Waals surface area contributed by atoms with Crippen molar-refractivity contribution < 1.29 is 4.79 Å². The molecule has 8 heteroatoms. The predicted molar refractivity (Wildman–Crippen MR) is 68.4 cm³/mol. The fraction of sp³-hybridized carbons (Fsp3) is 0.364. The third-order valence-corrected chi connectivity index (χ3v) is 3.22. The standard InChI is InChI=1S/C11H11N7O/c12-16-13-5-7-3-11(19)18(6-7)8-1-2-9-10(4-8)15-17-14-9/h1-2,4,7H,3,5-6H2,(H,14,15,17). The third kappa shape index (κ3) is 2.09. The smallest absolute Gasteiger partial charge is 0.227 e. The number of nitrogens with one attached hydrogen (secondary N) is 1. The Kier molecular flexibility index (Phi) is 2.77. The minimum atomic E-state index is 0.0426. The highest BCUT2D eigenvalue weighted by Gasteiger charge is 2.30. The molecule has 1 fully saturated rings. The van der Waals surface area contributed by atoms with Gasteiger partial charge in [0, 0.05) is 30.1 Å². The molecule has 0 radical (unpaired) electrons. The highest BCUT2D eigenvalue weighted by Crippen LogP contribution is 2.27. The lowest BCUT2D eigenvalue weighted by Gasteiger charge is -2.16. The van der Waals surface area contributed by atoms with Gasteiger partial charge in [0.2, 0.25) is 5.91 Å². The number of hydrogen-bond acceptors (Lipinski definition) is 4. The molecular weight excluding hydrogens is 246 g/mol. The van der Waals surface area contributed by atoms with Gasteiger partial charge >= 0.3 is 0 Å². The number of H-pyrrole nitrogens is 1. The van der Waals surface area contributed by atoms with E-state index in [0.717, 1.165) is 16.7 Å². The van der Waals surface area contributed by atoms with Gasteiger partial charge in [0.25, 0.3) is 0 Å². The van der Waals surface area contributed by atoms with Crippen LogP contribution in [0.25, 0.3) is 21.5 Å². The van der Waals surface area contributed by atoms with E-state index in [1.165, 1.54) is 0 Å². The summed E-state index contributed by atoms with van der Waals surface area (Å²) in [6.07, 6.45) is 0.413. The summed E-state index contributed by atoms with van der Waals surface area (Å²) in [6, 6.07) is 5.49.